The normalized spacial score (nSPS) is 18.8. The van der Waals surface area contributed by atoms with E-state index in [1.807, 2.05) is 0 Å². The molecule has 3 heterocycles. The molecule has 1 atom stereocenters. The molecule has 1 aromatic carbocycles. The number of hydrogen-bond acceptors (Lipinski definition) is 7. The largest absolute Gasteiger partial charge is 0.421 e. The van der Waals surface area contributed by atoms with Crippen molar-refractivity contribution >= 4 is 39.1 Å². The molecule has 0 spiro atoms. The number of carbonyl (C=O) groups is 1. The minimum Gasteiger partial charge on any atom is -0.354 e. The van der Waals surface area contributed by atoms with Gasteiger partial charge in [-0.2, -0.15) is 18.2 Å². The summed E-state index contributed by atoms with van der Waals surface area (Å²) in [6, 6.07) is 4.54. The smallest absolute Gasteiger partial charge is 0.354 e. The maximum absolute atomic E-state index is 13.5. The van der Waals surface area contributed by atoms with Crippen molar-refractivity contribution in [2.24, 2.45) is 0 Å². The number of alkyl halides is 3. The zero-order valence-corrected chi connectivity index (χ0v) is 17.1. The van der Waals surface area contributed by atoms with Gasteiger partial charge in [0, 0.05) is 36.7 Å². The topological polar surface area (TPSA) is 116 Å². The molecule has 2 aromatic rings. The number of nitrogens with zero attached hydrogens (tertiary/aromatic N) is 3. The fourth-order valence-electron chi connectivity index (χ4n) is 3.66. The predicted molar refractivity (Wildman–Crippen MR) is 108 cm³/mol. The number of anilines is 4. The van der Waals surface area contributed by atoms with Crippen LogP contribution in [0.25, 0.3) is 0 Å². The molecule has 0 radical (unpaired) electrons. The van der Waals surface area contributed by atoms with Crippen LogP contribution in [0.4, 0.5) is 36.3 Å². The van der Waals surface area contributed by atoms with Gasteiger partial charge >= 0.3 is 6.18 Å². The summed E-state index contributed by atoms with van der Waals surface area (Å²) in [4.78, 5) is 20.8. The third kappa shape index (κ3) is 4.88. The van der Waals surface area contributed by atoms with Crippen molar-refractivity contribution in [1.29, 1.82) is 0 Å². The average Bonchev–Trinajstić information content (AvgIpc) is 3.24. The number of amides is 1. The van der Waals surface area contributed by atoms with Gasteiger partial charge in [-0.15, -0.1) is 0 Å². The number of nitrogens with one attached hydrogen (secondary N) is 3. The van der Waals surface area contributed by atoms with E-state index in [9.17, 15) is 26.4 Å². The molecule has 31 heavy (non-hydrogen) atoms. The van der Waals surface area contributed by atoms with Gasteiger partial charge in [0.1, 0.15) is 11.4 Å². The second-order valence-corrected chi connectivity index (χ2v) is 9.25. The van der Waals surface area contributed by atoms with Crippen molar-refractivity contribution in [3.05, 3.63) is 35.5 Å². The number of fused-ring (bicyclic) bond motifs is 1. The van der Waals surface area contributed by atoms with Gasteiger partial charge in [0.05, 0.1) is 12.7 Å². The SMILES string of the molecule is CS(=O)(=O)N[C@H]1CCN(c2nc(Nc3ccc4c(c3)CC(=O)N4)ncc2C(F)(F)F)C1. The van der Waals surface area contributed by atoms with Crippen LogP contribution >= 0.6 is 0 Å². The highest BCUT2D eigenvalue weighted by Gasteiger charge is 2.38. The van der Waals surface area contributed by atoms with Gasteiger partial charge < -0.3 is 15.5 Å². The van der Waals surface area contributed by atoms with Crippen molar-refractivity contribution in [3.63, 3.8) is 0 Å². The molecule has 0 bridgehead atoms. The lowest BCUT2D eigenvalue weighted by Gasteiger charge is -2.22. The predicted octanol–water partition coefficient (Wildman–Crippen LogP) is 1.86. The summed E-state index contributed by atoms with van der Waals surface area (Å²) in [5.41, 5.74) is 0.975. The maximum Gasteiger partial charge on any atom is 0.421 e. The number of benzene rings is 1. The van der Waals surface area contributed by atoms with E-state index in [0.717, 1.165) is 11.8 Å². The molecule has 3 N–H and O–H groups in total. The number of carbonyl (C=O) groups excluding carboxylic acids is 1. The van der Waals surface area contributed by atoms with Crippen molar-refractivity contribution in [1.82, 2.24) is 14.7 Å². The standard InChI is InChI=1S/C18H19F3N6O3S/c1-31(29,30)26-12-4-5-27(9-12)16-13(18(19,20)21)8-22-17(25-16)23-11-2-3-14-10(6-11)7-15(28)24-14/h2-3,6,8,12,26H,4-5,7,9H2,1H3,(H,24,28)(H,22,23,25)/t12-/m0/s1. The minimum absolute atomic E-state index is 0.0419. The molecule has 13 heteroatoms. The van der Waals surface area contributed by atoms with Gasteiger partial charge in [-0.25, -0.2) is 18.1 Å². The molecule has 0 aliphatic carbocycles. The van der Waals surface area contributed by atoms with Crippen LogP contribution in [0.2, 0.25) is 0 Å². The molecule has 1 amide bonds. The first kappa shape index (κ1) is 21.3. The highest BCUT2D eigenvalue weighted by atomic mass is 32.2. The third-order valence-electron chi connectivity index (χ3n) is 4.93. The van der Waals surface area contributed by atoms with E-state index in [4.69, 9.17) is 0 Å². The maximum atomic E-state index is 13.5. The van der Waals surface area contributed by atoms with Crippen LogP contribution in [0, 0.1) is 0 Å². The zero-order valence-electron chi connectivity index (χ0n) is 16.3. The lowest BCUT2D eigenvalue weighted by atomic mass is 10.1. The third-order valence-corrected chi connectivity index (χ3v) is 5.69. The first-order chi connectivity index (χ1) is 14.5. The van der Waals surface area contributed by atoms with E-state index in [1.165, 1.54) is 4.90 Å². The fraction of sp³-hybridized carbons (Fsp3) is 0.389. The molecule has 1 aromatic heterocycles. The van der Waals surface area contributed by atoms with E-state index >= 15 is 0 Å². The van der Waals surface area contributed by atoms with Crippen molar-refractivity contribution in [3.8, 4) is 0 Å². The molecule has 166 valence electrons. The Labute approximate surface area is 176 Å². The average molecular weight is 456 g/mol. The van der Waals surface area contributed by atoms with E-state index < -0.39 is 27.8 Å². The second kappa shape index (κ2) is 7.64. The molecule has 2 aliphatic heterocycles. The molecular formula is C18H19F3N6O3S. The zero-order chi connectivity index (χ0) is 22.4. The summed E-state index contributed by atoms with van der Waals surface area (Å²) in [7, 11) is -3.48. The van der Waals surface area contributed by atoms with Crippen molar-refractivity contribution < 1.29 is 26.4 Å². The van der Waals surface area contributed by atoms with Crippen LogP contribution in [0.1, 0.15) is 17.5 Å². The van der Waals surface area contributed by atoms with Crippen LogP contribution in [0.3, 0.4) is 0 Å². The Balaban J connectivity index is 1.60. The van der Waals surface area contributed by atoms with Gasteiger partial charge in [-0.3, -0.25) is 4.79 Å². The van der Waals surface area contributed by atoms with E-state index in [0.29, 0.717) is 24.0 Å². The Morgan fingerprint density at radius 1 is 1.29 bits per heavy atom. The minimum atomic E-state index is -4.67. The van der Waals surface area contributed by atoms with Crippen LogP contribution in [0.15, 0.2) is 24.4 Å². The van der Waals surface area contributed by atoms with Crippen LogP contribution < -0.4 is 20.3 Å². The number of sulfonamides is 1. The summed E-state index contributed by atoms with van der Waals surface area (Å²) < 4.78 is 65.9. The molecule has 1 fully saturated rings. The van der Waals surface area contributed by atoms with E-state index in [-0.39, 0.29) is 37.2 Å². The van der Waals surface area contributed by atoms with Gasteiger partial charge in [0.15, 0.2) is 0 Å². The lowest BCUT2D eigenvalue weighted by Crippen LogP contribution is -2.36. The van der Waals surface area contributed by atoms with Crippen molar-refractivity contribution in [2.45, 2.75) is 25.1 Å². The second-order valence-electron chi connectivity index (χ2n) is 7.47. The molecule has 2 aliphatic rings. The molecule has 1 saturated heterocycles. The Kier molecular flexibility index (Phi) is 5.25. The summed E-state index contributed by atoms with van der Waals surface area (Å²) in [6.07, 6.45) is -2.39. The Morgan fingerprint density at radius 3 is 2.77 bits per heavy atom. The number of halogens is 3. The first-order valence-electron chi connectivity index (χ1n) is 9.34. The molecule has 0 unspecified atom stereocenters. The Bertz CT molecular complexity index is 1140. The van der Waals surface area contributed by atoms with Crippen LogP contribution in [0.5, 0.6) is 0 Å². The Hall–Kier alpha value is -2.93. The summed E-state index contributed by atoms with van der Waals surface area (Å²) in [5.74, 6) is -0.493. The number of aromatic nitrogens is 2. The lowest BCUT2D eigenvalue weighted by molar-refractivity contribution is -0.137. The number of hydrogen-bond donors (Lipinski definition) is 3. The van der Waals surface area contributed by atoms with Gasteiger partial charge in [-0.1, -0.05) is 0 Å². The molecule has 4 rings (SSSR count). The summed E-state index contributed by atoms with van der Waals surface area (Å²) in [5, 5.41) is 5.57. The molecular weight excluding hydrogens is 437 g/mol. The van der Waals surface area contributed by atoms with Crippen LogP contribution in [-0.2, 0) is 27.4 Å². The first-order valence-corrected chi connectivity index (χ1v) is 11.2. The number of rotatable bonds is 5. The molecule has 0 saturated carbocycles. The summed E-state index contributed by atoms with van der Waals surface area (Å²) in [6.45, 7) is 0.262. The fourth-order valence-corrected chi connectivity index (χ4v) is 4.46. The quantitative estimate of drug-likeness (QED) is 0.629. The Morgan fingerprint density at radius 2 is 2.06 bits per heavy atom. The van der Waals surface area contributed by atoms with Gasteiger partial charge in [0.25, 0.3) is 0 Å². The van der Waals surface area contributed by atoms with E-state index in [2.05, 4.69) is 25.3 Å². The highest BCUT2D eigenvalue weighted by molar-refractivity contribution is 7.88. The highest BCUT2D eigenvalue weighted by Crippen LogP contribution is 2.37. The van der Waals surface area contributed by atoms with Crippen molar-refractivity contribution in [2.75, 3.05) is 34.9 Å². The molecule has 9 nitrogen and oxygen atoms in total. The van der Waals surface area contributed by atoms with Crippen LogP contribution in [-0.4, -0.2) is 49.7 Å². The van der Waals surface area contributed by atoms with E-state index in [1.54, 1.807) is 18.2 Å². The monoisotopic (exact) mass is 456 g/mol. The summed E-state index contributed by atoms with van der Waals surface area (Å²) >= 11 is 0. The van der Waals surface area contributed by atoms with Gasteiger partial charge in [-0.05, 0) is 30.2 Å². The van der Waals surface area contributed by atoms with Gasteiger partial charge in [0.2, 0.25) is 21.9 Å².